The van der Waals surface area contributed by atoms with Gasteiger partial charge >= 0.3 is 14.7 Å². The lowest BCUT2D eigenvalue weighted by Gasteiger charge is -2.36. The van der Waals surface area contributed by atoms with E-state index in [1.807, 2.05) is 0 Å². The molecule has 24 heavy (non-hydrogen) atoms. The van der Waals surface area contributed by atoms with Gasteiger partial charge in [0.05, 0.1) is 35.7 Å². The van der Waals surface area contributed by atoms with Crippen LogP contribution in [0.1, 0.15) is 0 Å². The fourth-order valence-electron chi connectivity index (χ4n) is 2.43. The third kappa shape index (κ3) is 3.52. The summed E-state index contributed by atoms with van der Waals surface area (Å²) in [5.41, 5.74) is -0.936. The number of hydrogen-bond donors (Lipinski definition) is 0. The van der Waals surface area contributed by atoms with Gasteiger partial charge in [0.2, 0.25) is 0 Å². The van der Waals surface area contributed by atoms with Gasteiger partial charge in [0, 0.05) is 25.7 Å². The maximum absolute atomic E-state index is 11.2. The second kappa shape index (κ2) is 6.78. The predicted octanol–water partition coefficient (Wildman–Crippen LogP) is 0.696. The van der Waals surface area contributed by atoms with Gasteiger partial charge in [-0.25, -0.2) is 0 Å². The maximum atomic E-state index is 11.2. The molecule has 0 unspecified atom stereocenters. The Bertz CT molecular complexity index is 631. The fourth-order valence-corrected chi connectivity index (χ4v) is 4.32. The second-order valence-corrected chi connectivity index (χ2v) is 7.23. The molecule has 12 heteroatoms. The highest BCUT2D eigenvalue weighted by Gasteiger charge is 2.51. The molecule has 11 nitrogen and oxygen atoms in total. The van der Waals surface area contributed by atoms with E-state index in [1.165, 1.54) is 0 Å². The zero-order chi connectivity index (χ0) is 17.2. The Labute approximate surface area is 137 Å². The lowest BCUT2D eigenvalue weighted by atomic mass is 10.2. The van der Waals surface area contributed by atoms with Crippen LogP contribution in [0, 0.1) is 20.2 Å². The van der Waals surface area contributed by atoms with Crippen LogP contribution in [0.2, 0.25) is 0 Å². The van der Waals surface area contributed by atoms with Crippen LogP contribution in [0.5, 0.6) is 5.75 Å². The van der Waals surface area contributed by atoms with E-state index in [-0.39, 0.29) is 5.75 Å². The minimum atomic E-state index is -3.59. The summed E-state index contributed by atoms with van der Waals surface area (Å²) in [4.78, 5) is 22.7. The molecule has 3 aliphatic heterocycles. The number of fused-ring (bicyclic) bond motifs is 6. The summed E-state index contributed by atoms with van der Waals surface area (Å²) in [5.74, 6) is -0.171. The molecule has 0 aromatic heterocycles. The van der Waals surface area contributed by atoms with Crippen molar-refractivity contribution in [3.63, 3.8) is 0 Å². The van der Waals surface area contributed by atoms with Crippen molar-refractivity contribution in [2.24, 2.45) is 0 Å². The molecule has 130 valence electrons. The van der Waals surface area contributed by atoms with Crippen LogP contribution in [0.15, 0.2) is 18.2 Å². The number of non-ortho nitro benzene ring substituents is 1. The molecular formula is C12H15N3O8Si. The maximum Gasteiger partial charge on any atom is 0.750 e. The molecular weight excluding hydrogens is 342 g/mol. The van der Waals surface area contributed by atoms with E-state index >= 15 is 0 Å². The Balaban J connectivity index is 1.90. The number of nitrogens with zero attached hydrogens (tertiary/aromatic N) is 3. The number of nitro groups is 2. The summed E-state index contributed by atoms with van der Waals surface area (Å²) >= 11 is 0. The summed E-state index contributed by atoms with van der Waals surface area (Å²) < 4.78 is 22.6. The molecule has 1 aromatic rings. The number of rotatable bonds is 4. The van der Waals surface area contributed by atoms with Crippen molar-refractivity contribution >= 4 is 20.4 Å². The molecule has 3 fully saturated rings. The SMILES string of the molecule is O=[N+]([O-])c1ccc(O[Si]23OCCN(CCO2)CCO3)c([N+](=O)[O-])c1. The zero-order valence-corrected chi connectivity index (χ0v) is 13.6. The highest BCUT2D eigenvalue weighted by molar-refractivity contribution is 6.54. The lowest BCUT2D eigenvalue weighted by molar-refractivity contribution is -0.394. The Morgan fingerprint density at radius 2 is 1.58 bits per heavy atom. The molecule has 1 aromatic carbocycles. The van der Waals surface area contributed by atoms with Crippen LogP contribution in [-0.2, 0) is 13.3 Å². The van der Waals surface area contributed by atoms with Gasteiger partial charge in [0.1, 0.15) is 0 Å². The molecule has 0 radical (unpaired) electrons. The molecule has 2 bridgehead atoms. The molecule has 3 heterocycles. The second-order valence-electron chi connectivity index (χ2n) is 5.16. The average molecular weight is 357 g/mol. The predicted molar refractivity (Wildman–Crippen MR) is 80.4 cm³/mol. The van der Waals surface area contributed by atoms with Crippen LogP contribution >= 0.6 is 0 Å². The van der Waals surface area contributed by atoms with E-state index < -0.39 is 30.3 Å². The van der Waals surface area contributed by atoms with E-state index in [0.717, 1.165) is 18.2 Å². The van der Waals surface area contributed by atoms with Crippen LogP contribution in [0.25, 0.3) is 0 Å². The average Bonchev–Trinajstić information content (AvgIpc) is 2.48. The van der Waals surface area contributed by atoms with Crippen molar-refractivity contribution in [3.8, 4) is 5.75 Å². The fraction of sp³-hybridized carbons (Fsp3) is 0.500. The molecule has 3 aliphatic rings. The first-order valence-electron chi connectivity index (χ1n) is 7.25. The van der Waals surface area contributed by atoms with Crippen molar-refractivity contribution in [3.05, 3.63) is 38.4 Å². The number of nitro benzene ring substituents is 2. The van der Waals surface area contributed by atoms with Gasteiger partial charge in [0.15, 0.2) is 5.75 Å². The summed E-state index contributed by atoms with van der Waals surface area (Å²) in [5, 5.41) is 22.0. The van der Waals surface area contributed by atoms with Crippen molar-refractivity contribution in [1.29, 1.82) is 0 Å². The van der Waals surface area contributed by atoms with Gasteiger partial charge in [-0.1, -0.05) is 0 Å². The molecule has 3 saturated heterocycles. The minimum absolute atomic E-state index is 0.171. The smallest absolute Gasteiger partial charge is 0.474 e. The first kappa shape index (κ1) is 16.7. The Kier molecular flexibility index (Phi) is 4.73. The first-order valence-corrected chi connectivity index (χ1v) is 8.88. The minimum Gasteiger partial charge on any atom is -0.474 e. The van der Waals surface area contributed by atoms with E-state index in [0.29, 0.717) is 39.5 Å². The lowest BCUT2D eigenvalue weighted by Crippen LogP contribution is -2.59. The highest BCUT2D eigenvalue weighted by Crippen LogP contribution is 2.33. The molecule has 0 amide bonds. The van der Waals surface area contributed by atoms with Crippen molar-refractivity contribution in [2.45, 2.75) is 0 Å². The summed E-state index contributed by atoms with van der Waals surface area (Å²) in [6.45, 7) is 3.00. The summed E-state index contributed by atoms with van der Waals surface area (Å²) in [7, 11) is -3.59. The topological polar surface area (TPSA) is 126 Å². The number of benzene rings is 1. The third-order valence-electron chi connectivity index (χ3n) is 3.64. The van der Waals surface area contributed by atoms with Gasteiger partial charge in [-0.3, -0.25) is 25.1 Å². The quantitative estimate of drug-likeness (QED) is 0.434. The van der Waals surface area contributed by atoms with E-state index in [1.54, 1.807) is 0 Å². The summed E-state index contributed by atoms with van der Waals surface area (Å²) in [6, 6.07) is 3.13. The van der Waals surface area contributed by atoms with Crippen LogP contribution in [0.4, 0.5) is 11.4 Å². The molecule has 0 atom stereocenters. The van der Waals surface area contributed by atoms with E-state index in [9.17, 15) is 20.2 Å². The molecule has 0 spiro atoms. The van der Waals surface area contributed by atoms with Crippen LogP contribution in [0.3, 0.4) is 0 Å². The number of hydrogen-bond acceptors (Lipinski definition) is 9. The first-order chi connectivity index (χ1) is 11.5. The van der Waals surface area contributed by atoms with Crippen molar-refractivity contribution in [2.75, 3.05) is 39.5 Å². The normalized spacial score (nSPS) is 26.9. The van der Waals surface area contributed by atoms with Gasteiger partial charge in [-0.05, 0) is 6.07 Å². The third-order valence-corrected chi connectivity index (χ3v) is 5.79. The van der Waals surface area contributed by atoms with E-state index in [4.69, 9.17) is 17.7 Å². The van der Waals surface area contributed by atoms with E-state index in [2.05, 4.69) is 4.90 Å². The Morgan fingerprint density at radius 3 is 2.08 bits per heavy atom. The van der Waals surface area contributed by atoms with Crippen molar-refractivity contribution in [1.82, 2.24) is 4.90 Å². The Morgan fingerprint density at radius 1 is 1.00 bits per heavy atom. The standard InChI is InChI=1S/C12H15N3O8Si/c16-14(17)10-1-2-12(11(9-10)15(18)19)23-24-20-6-3-13(4-7-21-24)5-8-22-24/h1-2,9H,3-8H2. The molecule has 0 aliphatic carbocycles. The van der Waals surface area contributed by atoms with Crippen LogP contribution in [-0.4, -0.2) is 63.2 Å². The molecule has 4 rings (SSSR count). The Hall–Kier alpha value is -2.12. The summed E-state index contributed by atoms with van der Waals surface area (Å²) in [6.07, 6.45) is 0. The monoisotopic (exact) mass is 357 g/mol. The largest absolute Gasteiger partial charge is 0.750 e. The highest BCUT2D eigenvalue weighted by atomic mass is 28.4. The van der Waals surface area contributed by atoms with Gasteiger partial charge in [-0.2, -0.15) is 0 Å². The molecule has 0 N–H and O–H groups in total. The van der Waals surface area contributed by atoms with Gasteiger partial charge < -0.3 is 17.7 Å². The van der Waals surface area contributed by atoms with Crippen molar-refractivity contribution < 1.29 is 27.6 Å². The zero-order valence-electron chi connectivity index (χ0n) is 12.6. The van der Waals surface area contributed by atoms with Gasteiger partial charge in [-0.15, -0.1) is 0 Å². The van der Waals surface area contributed by atoms with Crippen LogP contribution < -0.4 is 4.43 Å². The molecule has 0 saturated carbocycles. The van der Waals surface area contributed by atoms with Gasteiger partial charge in [0.25, 0.3) is 5.69 Å².